The molecule has 1 aliphatic carbocycles. The van der Waals surface area contributed by atoms with Crippen molar-refractivity contribution >= 4 is 17.6 Å². The van der Waals surface area contributed by atoms with E-state index >= 15 is 0 Å². The van der Waals surface area contributed by atoms with Crippen LogP contribution in [0.15, 0.2) is 18.5 Å². The Morgan fingerprint density at radius 3 is 2.83 bits per heavy atom. The van der Waals surface area contributed by atoms with Crippen LogP contribution in [0.2, 0.25) is 0 Å². The summed E-state index contributed by atoms with van der Waals surface area (Å²) in [5.74, 6) is -1.12. The van der Waals surface area contributed by atoms with Gasteiger partial charge >= 0.3 is 5.97 Å². The summed E-state index contributed by atoms with van der Waals surface area (Å²) in [7, 11) is 0. The fourth-order valence-corrected chi connectivity index (χ4v) is 3.44. The van der Waals surface area contributed by atoms with Crippen molar-refractivity contribution in [3.05, 3.63) is 24.0 Å². The SMILES string of the molecule is CC1(C(=O)O)CCCC1NC(=O)c1cncc(N2CCOCC2)c1. The van der Waals surface area contributed by atoms with Crippen LogP contribution in [0.4, 0.5) is 5.69 Å². The molecule has 2 heterocycles. The standard InChI is InChI=1S/C17H23N3O4/c1-17(16(22)23)4-2-3-14(17)19-15(21)12-9-13(11-18-10-12)20-5-7-24-8-6-20/h9-11,14H,2-8H2,1H3,(H,19,21)(H,22,23). The minimum absolute atomic E-state index is 0.267. The number of carboxylic acids is 1. The van der Waals surface area contributed by atoms with E-state index in [0.29, 0.717) is 31.6 Å². The lowest BCUT2D eigenvalue weighted by atomic mass is 9.85. The second-order valence-corrected chi connectivity index (χ2v) is 6.67. The van der Waals surface area contributed by atoms with Gasteiger partial charge in [0.2, 0.25) is 0 Å². The number of aliphatic carboxylic acids is 1. The van der Waals surface area contributed by atoms with Crippen LogP contribution in [-0.4, -0.2) is 54.3 Å². The fraction of sp³-hybridized carbons (Fsp3) is 0.588. The van der Waals surface area contributed by atoms with Gasteiger partial charge in [0.05, 0.1) is 36.1 Å². The Morgan fingerprint density at radius 2 is 2.12 bits per heavy atom. The minimum Gasteiger partial charge on any atom is -0.481 e. The number of hydrogen-bond acceptors (Lipinski definition) is 5. The van der Waals surface area contributed by atoms with Gasteiger partial charge in [0.1, 0.15) is 0 Å². The molecule has 7 nitrogen and oxygen atoms in total. The predicted molar refractivity (Wildman–Crippen MR) is 88.1 cm³/mol. The van der Waals surface area contributed by atoms with E-state index in [4.69, 9.17) is 4.74 Å². The number of nitrogens with zero attached hydrogens (tertiary/aromatic N) is 2. The number of anilines is 1. The highest BCUT2D eigenvalue weighted by Gasteiger charge is 2.46. The Balaban J connectivity index is 1.72. The van der Waals surface area contributed by atoms with E-state index in [2.05, 4.69) is 15.2 Å². The first-order valence-electron chi connectivity index (χ1n) is 8.33. The van der Waals surface area contributed by atoms with Crippen molar-refractivity contribution in [2.45, 2.75) is 32.2 Å². The minimum atomic E-state index is -0.898. The van der Waals surface area contributed by atoms with Crippen LogP contribution < -0.4 is 10.2 Å². The van der Waals surface area contributed by atoms with E-state index in [9.17, 15) is 14.7 Å². The van der Waals surface area contributed by atoms with Crippen molar-refractivity contribution in [1.29, 1.82) is 0 Å². The van der Waals surface area contributed by atoms with Crippen LogP contribution in [0.25, 0.3) is 0 Å². The Labute approximate surface area is 141 Å². The lowest BCUT2D eigenvalue weighted by Crippen LogP contribution is -2.47. The molecule has 1 aliphatic heterocycles. The fourth-order valence-electron chi connectivity index (χ4n) is 3.44. The predicted octanol–water partition coefficient (Wildman–Crippen LogP) is 1.29. The van der Waals surface area contributed by atoms with Crippen molar-refractivity contribution in [2.75, 3.05) is 31.2 Å². The van der Waals surface area contributed by atoms with E-state index in [1.807, 2.05) is 0 Å². The molecular weight excluding hydrogens is 310 g/mol. The Bertz CT molecular complexity index is 630. The third-order valence-electron chi connectivity index (χ3n) is 5.11. The van der Waals surface area contributed by atoms with E-state index in [1.165, 1.54) is 6.20 Å². The van der Waals surface area contributed by atoms with Crippen molar-refractivity contribution in [1.82, 2.24) is 10.3 Å². The van der Waals surface area contributed by atoms with Gasteiger partial charge in [-0.3, -0.25) is 14.6 Å². The van der Waals surface area contributed by atoms with Crippen LogP contribution >= 0.6 is 0 Å². The topological polar surface area (TPSA) is 91.8 Å². The second kappa shape index (κ2) is 6.76. The number of ether oxygens (including phenoxy) is 1. The van der Waals surface area contributed by atoms with E-state index in [1.54, 1.807) is 19.2 Å². The lowest BCUT2D eigenvalue weighted by molar-refractivity contribution is -0.148. The number of aromatic nitrogens is 1. The maximum atomic E-state index is 12.6. The quantitative estimate of drug-likeness (QED) is 0.863. The number of hydrogen-bond donors (Lipinski definition) is 2. The van der Waals surface area contributed by atoms with Gasteiger partial charge < -0.3 is 20.1 Å². The molecule has 2 N–H and O–H groups in total. The van der Waals surface area contributed by atoms with Crippen LogP contribution in [0.5, 0.6) is 0 Å². The summed E-state index contributed by atoms with van der Waals surface area (Å²) in [5, 5.41) is 12.4. The molecule has 1 aromatic heterocycles. The molecule has 7 heteroatoms. The zero-order valence-electron chi connectivity index (χ0n) is 13.8. The first-order chi connectivity index (χ1) is 11.5. The molecule has 0 spiro atoms. The van der Waals surface area contributed by atoms with Crippen molar-refractivity contribution in [3.8, 4) is 0 Å². The zero-order valence-corrected chi connectivity index (χ0v) is 13.8. The molecule has 2 aliphatic rings. The molecule has 0 aromatic carbocycles. The maximum Gasteiger partial charge on any atom is 0.311 e. The van der Waals surface area contributed by atoms with Crippen molar-refractivity contribution < 1.29 is 19.4 Å². The molecule has 2 unspecified atom stereocenters. The van der Waals surface area contributed by atoms with Gasteiger partial charge in [-0.15, -0.1) is 0 Å². The van der Waals surface area contributed by atoms with Gasteiger partial charge in [-0.2, -0.15) is 0 Å². The maximum absolute atomic E-state index is 12.6. The van der Waals surface area contributed by atoms with Gasteiger partial charge in [0.15, 0.2) is 0 Å². The highest BCUT2D eigenvalue weighted by molar-refractivity contribution is 5.95. The van der Waals surface area contributed by atoms with Gasteiger partial charge in [0, 0.05) is 25.3 Å². The average Bonchev–Trinajstić information content (AvgIpc) is 2.98. The highest BCUT2D eigenvalue weighted by atomic mass is 16.5. The molecule has 0 bridgehead atoms. The molecule has 2 atom stereocenters. The van der Waals surface area contributed by atoms with Gasteiger partial charge in [0.25, 0.3) is 5.91 Å². The summed E-state index contributed by atoms with van der Waals surface area (Å²) in [4.78, 5) is 30.4. The molecule has 3 rings (SSSR count). The normalized spacial score (nSPS) is 27.0. The third kappa shape index (κ3) is 3.21. The van der Waals surface area contributed by atoms with Crippen LogP contribution in [0, 0.1) is 5.41 Å². The first-order valence-corrected chi connectivity index (χ1v) is 8.33. The third-order valence-corrected chi connectivity index (χ3v) is 5.11. The summed E-state index contributed by atoms with van der Waals surface area (Å²) in [5.41, 5.74) is 0.447. The van der Waals surface area contributed by atoms with E-state index < -0.39 is 11.4 Å². The van der Waals surface area contributed by atoms with Crippen molar-refractivity contribution in [3.63, 3.8) is 0 Å². The number of amides is 1. The molecular formula is C17H23N3O4. The molecule has 0 radical (unpaired) electrons. The molecule has 1 saturated carbocycles. The summed E-state index contributed by atoms with van der Waals surface area (Å²) in [6.45, 7) is 4.57. The highest BCUT2D eigenvalue weighted by Crippen LogP contribution is 2.38. The van der Waals surface area contributed by atoms with Gasteiger partial charge in [-0.25, -0.2) is 0 Å². The first kappa shape index (κ1) is 16.7. The van der Waals surface area contributed by atoms with Crippen LogP contribution in [0.1, 0.15) is 36.5 Å². The lowest BCUT2D eigenvalue weighted by Gasteiger charge is -2.29. The zero-order chi connectivity index (χ0) is 17.2. The van der Waals surface area contributed by atoms with Gasteiger partial charge in [-0.05, 0) is 25.8 Å². The number of nitrogens with one attached hydrogen (secondary N) is 1. The van der Waals surface area contributed by atoms with Crippen LogP contribution in [-0.2, 0) is 9.53 Å². The summed E-state index contributed by atoms with van der Waals surface area (Å²) in [6, 6.07) is 1.45. The average molecular weight is 333 g/mol. The Kier molecular flexibility index (Phi) is 4.71. The number of rotatable bonds is 4. The Morgan fingerprint density at radius 1 is 1.38 bits per heavy atom. The number of carbonyl (C=O) groups is 2. The summed E-state index contributed by atoms with van der Waals surface area (Å²) < 4.78 is 5.34. The number of carboxylic acid groups (broad SMARTS) is 1. The van der Waals surface area contributed by atoms with Crippen molar-refractivity contribution in [2.24, 2.45) is 5.41 Å². The smallest absolute Gasteiger partial charge is 0.311 e. The largest absolute Gasteiger partial charge is 0.481 e. The monoisotopic (exact) mass is 333 g/mol. The van der Waals surface area contributed by atoms with Crippen LogP contribution in [0.3, 0.4) is 0 Å². The van der Waals surface area contributed by atoms with E-state index in [0.717, 1.165) is 25.2 Å². The summed E-state index contributed by atoms with van der Waals surface area (Å²) >= 11 is 0. The Hall–Kier alpha value is -2.15. The number of carbonyl (C=O) groups excluding carboxylic acids is 1. The second-order valence-electron chi connectivity index (χ2n) is 6.67. The molecule has 1 amide bonds. The number of pyridine rings is 1. The molecule has 130 valence electrons. The molecule has 1 saturated heterocycles. The molecule has 1 aromatic rings. The summed E-state index contributed by atoms with van der Waals surface area (Å²) in [6.07, 6.45) is 5.33. The number of morpholine rings is 1. The van der Waals surface area contributed by atoms with Gasteiger partial charge in [-0.1, -0.05) is 6.42 Å². The molecule has 24 heavy (non-hydrogen) atoms. The van der Waals surface area contributed by atoms with E-state index in [-0.39, 0.29) is 11.9 Å². The molecule has 2 fully saturated rings.